The van der Waals surface area contributed by atoms with Crippen LogP contribution in [0.15, 0.2) is 67.0 Å². The molecule has 2 heterocycles. The van der Waals surface area contributed by atoms with Gasteiger partial charge in [0.05, 0.1) is 6.04 Å². The fraction of sp³-hybridized carbons (Fsp3) is 0.304. The van der Waals surface area contributed by atoms with E-state index in [-0.39, 0.29) is 17.9 Å². The topological polar surface area (TPSA) is 53.4 Å². The lowest BCUT2D eigenvalue weighted by Crippen LogP contribution is -2.53. The van der Waals surface area contributed by atoms with Crippen LogP contribution in [0.3, 0.4) is 0 Å². The summed E-state index contributed by atoms with van der Waals surface area (Å²) >= 11 is 0. The highest BCUT2D eigenvalue weighted by Gasteiger charge is 2.32. The summed E-state index contributed by atoms with van der Waals surface area (Å²) < 4.78 is 15.8. The monoisotopic (exact) mass is 407 g/mol. The van der Waals surface area contributed by atoms with Crippen molar-refractivity contribution in [2.45, 2.75) is 12.1 Å². The Morgan fingerprint density at radius 1 is 1.13 bits per heavy atom. The van der Waals surface area contributed by atoms with E-state index < -0.39 is 6.04 Å². The van der Waals surface area contributed by atoms with E-state index in [1.54, 1.807) is 18.3 Å². The van der Waals surface area contributed by atoms with Crippen LogP contribution in [0.2, 0.25) is 0 Å². The molecule has 4 rings (SSSR count). The normalized spacial score (nSPS) is 18.2. The van der Waals surface area contributed by atoms with E-state index in [1.165, 1.54) is 12.1 Å². The summed E-state index contributed by atoms with van der Waals surface area (Å²) in [6.45, 7) is 2.16. The summed E-state index contributed by atoms with van der Waals surface area (Å²) in [6.07, 6.45) is 3.49. The van der Waals surface area contributed by atoms with Crippen molar-refractivity contribution in [3.05, 3.63) is 89.8 Å². The second-order valence-corrected chi connectivity index (χ2v) is 7.72. The van der Waals surface area contributed by atoms with Crippen molar-refractivity contribution in [1.29, 1.82) is 0 Å². The van der Waals surface area contributed by atoms with Gasteiger partial charge in [-0.3, -0.25) is 0 Å². The van der Waals surface area contributed by atoms with Gasteiger partial charge in [-0.15, -0.1) is 0 Å². The number of imidazole rings is 1. The van der Waals surface area contributed by atoms with Crippen molar-refractivity contribution in [2.75, 3.05) is 26.7 Å². The highest BCUT2D eigenvalue weighted by molar-refractivity contribution is 5.76. The second kappa shape index (κ2) is 8.67. The van der Waals surface area contributed by atoms with E-state index in [1.807, 2.05) is 53.0 Å². The zero-order valence-corrected chi connectivity index (χ0v) is 17.2. The van der Waals surface area contributed by atoms with Crippen LogP contribution in [0.4, 0.5) is 9.18 Å². The van der Waals surface area contributed by atoms with Gasteiger partial charge in [0.2, 0.25) is 0 Å². The third-order valence-electron chi connectivity index (χ3n) is 5.60. The molecule has 156 valence electrons. The summed E-state index contributed by atoms with van der Waals surface area (Å²) in [4.78, 5) is 21.9. The minimum atomic E-state index is -0.552. The number of carbonyl (C=O) groups excluding carboxylic acids is 1. The van der Waals surface area contributed by atoms with Crippen LogP contribution in [-0.2, 0) is 7.05 Å². The Labute approximate surface area is 175 Å². The lowest BCUT2D eigenvalue weighted by Gasteiger charge is -2.40. The first-order valence-electron chi connectivity index (χ1n) is 10.1. The molecule has 1 N–H and O–H groups in total. The van der Waals surface area contributed by atoms with E-state index in [9.17, 15) is 9.18 Å². The zero-order chi connectivity index (χ0) is 21.1. The number of halogens is 1. The Balaban J connectivity index is 1.64. The van der Waals surface area contributed by atoms with E-state index in [0.717, 1.165) is 18.7 Å². The molecule has 1 fully saturated rings. The number of aryl methyl sites for hydroxylation is 1. The maximum Gasteiger partial charge on any atom is 0.318 e. The van der Waals surface area contributed by atoms with Crippen LogP contribution < -0.4 is 5.32 Å². The predicted octanol–water partition coefficient (Wildman–Crippen LogP) is 3.35. The minimum absolute atomic E-state index is 0.0560. The molecule has 1 aliphatic rings. The van der Waals surface area contributed by atoms with Gasteiger partial charge in [0.1, 0.15) is 17.7 Å². The molecule has 2 aromatic carbocycles. The van der Waals surface area contributed by atoms with Crippen LogP contribution in [0, 0.1) is 5.82 Å². The second-order valence-electron chi connectivity index (χ2n) is 7.72. The van der Waals surface area contributed by atoms with Gasteiger partial charge >= 0.3 is 6.03 Å². The van der Waals surface area contributed by atoms with Gasteiger partial charge in [0.25, 0.3) is 0 Å². The van der Waals surface area contributed by atoms with Crippen molar-refractivity contribution in [2.24, 2.45) is 7.05 Å². The van der Waals surface area contributed by atoms with Crippen LogP contribution >= 0.6 is 0 Å². The SMILES string of the molecule is CN1CCN(C(=O)NC(c2cccc(F)c2)c2nccn2C)C(c2ccccc2)C1. The van der Waals surface area contributed by atoms with Gasteiger partial charge in [0.15, 0.2) is 0 Å². The maximum atomic E-state index is 13.9. The third kappa shape index (κ3) is 4.21. The number of hydrogen-bond acceptors (Lipinski definition) is 3. The molecule has 2 amide bonds. The quantitative estimate of drug-likeness (QED) is 0.722. The van der Waals surface area contributed by atoms with Gasteiger partial charge in [-0.25, -0.2) is 14.2 Å². The molecule has 0 saturated carbocycles. The van der Waals surface area contributed by atoms with Crippen LogP contribution in [0.25, 0.3) is 0 Å². The molecule has 2 unspecified atom stereocenters. The van der Waals surface area contributed by atoms with Crippen molar-refractivity contribution in [3.63, 3.8) is 0 Å². The molecule has 1 saturated heterocycles. The van der Waals surface area contributed by atoms with Gasteiger partial charge in [-0.05, 0) is 30.3 Å². The molecule has 0 spiro atoms. The number of rotatable bonds is 4. The zero-order valence-electron chi connectivity index (χ0n) is 17.2. The van der Waals surface area contributed by atoms with Crippen molar-refractivity contribution in [1.82, 2.24) is 24.7 Å². The molecule has 0 radical (unpaired) electrons. The molecule has 0 bridgehead atoms. The highest BCUT2D eigenvalue weighted by Crippen LogP contribution is 2.27. The number of hydrogen-bond donors (Lipinski definition) is 1. The number of likely N-dealkylation sites (N-methyl/N-ethyl adjacent to an activating group) is 1. The first kappa shape index (κ1) is 20.1. The van der Waals surface area contributed by atoms with Gasteiger partial charge in [-0.1, -0.05) is 42.5 Å². The fourth-order valence-corrected chi connectivity index (χ4v) is 3.97. The average molecular weight is 407 g/mol. The van der Waals surface area contributed by atoms with Crippen molar-refractivity contribution < 1.29 is 9.18 Å². The first-order valence-corrected chi connectivity index (χ1v) is 10.1. The van der Waals surface area contributed by atoms with E-state index in [4.69, 9.17) is 0 Å². The number of nitrogens with one attached hydrogen (secondary N) is 1. The molecule has 3 aromatic rings. The summed E-state index contributed by atoms with van der Waals surface area (Å²) in [6, 6.07) is 15.5. The summed E-state index contributed by atoms with van der Waals surface area (Å²) in [5, 5.41) is 3.11. The molecular weight excluding hydrogens is 381 g/mol. The van der Waals surface area contributed by atoms with Crippen molar-refractivity contribution in [3.8, 4) is 0 Å². The van der Waals surface area contributed by atoms with Crippen LogP contribution in [0.5, 0.6) is 0 Å². The molecule has 0 aliphatic carbocycles. The molecule has 1 aliphatic heterocycles. The summed E-state index contributed by atoms with van der Waals surface area (Å²) in [7, 11) is 3.93. The predicted molar refractivity (Wildman–Crippen MR) is 113 cm³/mol. The maximum absolute atomic E-state index is 13.9. The van der Waals surface area contributed by atoms with Gasteiger partial charge in [0, 0.05) is 39.1 Å². The van der Waals surface area contributed by atoms with Crippen molar-refractivity contribution >= 4 is 6.03 Å². The molecule has 7 heteroatoms. The van der Waals surface area contributed by atoms with Gasteiger partial charge in [-0.2, -0.15) is 0 Å². The number of amides is 2. The molecule has 2 atom stereocenters. The Morgan fingerprint density at radius 3 is 2.63 bits per heavy atom. The Hall–Kier alpha value is -3.19. The Bertz CT molecular complexity index is 1010. The molecule has 1 aromatic heterocycles. The Kier molecular flexibility index (Phi) is 5.81. The van der Waals surface area contributed by atoms with E-state index >= 15 is 0 Å². The number of nitrogens with zero attached hydrogens (tertiary/aromatic N) is 4. The number of benzene rings is 2. The molecular formula is C23H26FN5O. The largest absolute Gasteiger partial charge is 0.336 e. The first-order chi connectivity index (χ1) is 14.5. The number of urea groups is 1. The smallest absolute Gasteiger partial charge is 0.318 e. The lowest BCUT2D eigenvalue weighted by atomic mass is 10.0. The third-order valence-corrected chi connectivity index (χ3v) is 5.60. The lowest BCUT2D eigenvalue weighted by molar-refractivity contribution is 0.107. The Morgan fingerprint density at radius 2 is 1.93 bits per heavy atom. The number of carbonyl (C=O) groups is 1. The van der Waals surface area contributed by atoms with Crippen LogP contribution in [-0.4, -0.2) is 52.1 Å². The summed E-state index contributed by atoms with van der Waals surface area (Å²) in [5.74, 6) is 0.307. The van der Waals surface area contributed by atoms with E-state index in [0.29, 0.717) is 17.9 Å². The van der Waals surface area contributed by atoms with E-state index in [2.05, 4.69) is 22.2 Å². The standard InChI is InChI=1S/C23H26FN5O/c1-27-13-14-29(20(16-27)17-7-4-3-5-8-17)23(30)26-21(22-25-11-12-28(22)2)18-9-6-10-19(24)15-18/h3-12,15,20-21H,13-14,16H2,1-2H3,(H,26,30). The average Bonchev–Trinajstić information content (AvgIpc) is 3.18. The number of piperazine rings is 1. The van der Waals surface area contributed by atoms with Crippen LogP contribution in [0.1, 0.15) is 29.0 Å². The molecule has 6 nitrogen and oxygen atoms in total. The molecule has 30 heavy (non-hydrogen) atoms. The highest BCUT2D eigenvalue weighted by atomic mass is 19.1. The van der Waals surface area contributed by atoms with Gasteiger partial charge < -0.3 is 19.7 Å². The summed E-state index contributed by atoms with van der Waals surface area (Å²) in [5.41, 5.74) is 1.75. The number of aromatic nitrogens is 2. The minimum Gasteiger partial charge on any atom is -0.336 e. The fourth-order valence-electron chi connectivity index (χ4n) is 3.97.